The molecule has 1 aromatic carbocycles. The van der Waals surface area contributed by atoms with Crippen molar-refractivity contribution in [3.8, 4) is 0 Å². The summed E-state index contributed by atoms with van der Waals surface area (Å²) in [6, 6.07) is 7.69. The molecule has 0 heterocycles. The van der Waals surface area contributed by atoms with Crippen molar-refractivity contribution in [1.82, 2.24) is 0 Å². The Morgan fingerprint density at radius 2 is 2.00 bits per heavy atom. The van der Waals surface area contributed by atoms with Gasteiger partial charge in [0.2, 0.25) is 0 Å². The molecule has 0 aliphatic rings. The van der Waals surface area contributed by atoms with Gasteiger partial charge in [-0.3, -0.25) is 0 Å². The van der Waals surface area contributed by atoms with E-state index in [9.17, 15) is 0 Å². The molecule has 1 unspecified atom stereocenters. The van der Waals surface area contributed by atoms with Crippen molar-refractivity contribution in [2.75, 3.05) is 6.54 Å². The first-order chi connectivity index (χ1) is 5.74. The Bertz CT molecular complexity index is 250. The average molecular weight is 185 g/mol. The molecule has 4 N–H and O–H groups in total. The van der Waals surface area contributed by atoms with Crippen LogP contribution in [0.3, 0.4) is 0 Å². The molecule has 0 fully saturated rings. The third-order valence-electron chi connectivity index (χ3n) is 1.74. The summed E-state index contributed by atoms with van der Waals surface area (Å²) in [5.41, 5.74) is 12.2. The van der Waals surface area contributed by atoms with Crippen molar-refractivity contribution in [1.29, 1.82) is 0 Å². The third-order valence-corrected chi connectivity index (χ3v) is 2.11. The van der Waals surface area contributed by atoms with E-state index in [0.29, 0.717) is 6.54 Å². The van der Waals surface area contributed by atoms with Gasteiger partial charge < -0.3 is 11.5 Å². The molecule has 0 aliphatic heterocycles. The summed E-state index contributed by atoms with van der Waals surface area (Å²) in [7, 11) is 0. The fourth-order valence-electron chi connectivity index (χ4n) is 1.03. The quantitative estimate of drug-likeness (QED) is 0.741. The highest BCUT2D eigenvalue weighted by Gasteiger charge is 2.03. The van der Waals surface area contributed by atoms with Gasteiger partial charge in [-0.1, -0.05) is 29.8 Å². The lowest BCUT2D eigenvalue weighted by Gasteiger charge is -2.09. The maximum absolute atomic E-state index is 5.93. The Morgan fingerprint density at radius 3 is 2.58 bits per heavy atom. The molecule has 0 saturated carbocycles. The molecule has 2 nitrogen and oxygen atoms in total. The van der Waals surface area contributed by atoms with Crippen LogP contribution in [0.1, 0.15) is 5.56 Å². The molecule has 1 aromatic rings. The second-order valence-electron chi connectivity index (χ2n) is 2.79. The molecule has 0 spiro atoms. The topological polar surface area (TPSA) is 52.0 Å². The zero-order valence-electron chi connectivity index (χ0n) is 6.83. The number of rotatable bonds is 3. The third kappa shape index (κ3) is 2.48. The highest BCUT2D eigenvalue weighted by atomic mass is 35.5. The van der Waals surface area contributed by atoms with Crippen molar-refractivity contribution in [3.63, 3.8) is 0 Å². The minimum Gasteiger partial charge on any atom is -0.329 e. The van der Waals surface area contributed by atoms with Crippen LogP contribution >= 0.6 is 11.6 Å². The van der Waals surface area contributed by atoms with Crippen molar-refractivity contribution in [2.24, 2.45) is 11.5 Å². The lowest BCUT2D eigenvalue weighted by Crippen LogP contribution is -2.31. The normalized spacial score (nSPS) is 12.9. The molecule has 66 valence electrons. The Balaban J connectivity index is 2.69. The first-order valence-corrected chi connectivity index (χ1v) is 4.31. The van der Waals surface area contributed by atoms with Crippen LogP contribution in [0.2, 0.25) is 5.02 Å². The van der Waals surface area contributed by atoms with Crippen LogP contribution in [-0.2, 0) is 6.42 Å². The van der Waals surface area contributed by atoms with Gasteiger partial charge in [-0.05, 0) is 18.1 Å². The Labute approximate surface area is 77.5 Å². The molecule has 0 saturated heterocycles. The minimum atomic E-state index is 0.00454. The molecule has 0 aliphatic carbocycles. The van der Waals surface area contributed by atoms with Crippen molar-refractivity contribution < 1.29 is 0 Å². The SMILES string of the molecule is NCC(N)Cc1ccccc1Cl. The van der Waals surface area contributed by atoms with Crippen LogP contribution in [-0.4, -0.2) is 12.6 Å². The molecule has 0 radical (unpaired) electrons. The van der Waals surface area contributed by atoms with Gasteiger partial charge >= 0.3 is 0 Å². The van der Waals surface area contributed by atoms with Crippen molar-refractivity contribution in [3.05, 3.63) is 34.9 Å². The molecular formula is C9H13ClN2. The lowest BCUT2D eigenvalue weighted by atomic mass is 10.1. The standard InChI is InChI=1S/C9H13ClN2/c10-9-4-2-1-3-7(9)5-8(12)6-11/h1-4,8H,5-6,11-12H2. The molecule has 1 atom stereocenters. The predicted molar refractivity (Wildman–Crippen MR) is 52.2 cm³/mol. The first-order valence-electron chi connectivity index (χ1n) is 3.93. The van der Waals surface area contributed by atoms with Gasteiger partial charge in [0, 0.05) is 17.6 Å². The summed E-state index contributed by atoms with van der Waals surface area (Å²) in [5, 5.41) is 0.765. The fourth-order valence-corrected chi connectivity index (χ4v) is 1.24. The summed E-state index contributed by atoms with van der Waals surface area (Å²) in [5.74, 6) is 0. The van der Waals surface area contributed by atoms with Gasteiger partial charge in [0.25, 0.3) is 0 Å². The molecule has 0 amide bonds. The summed E-state index contributed by atoms with van der Waals surface area (Å²) in [4.78, 5) is 0. The van der Waals surface area contributed by atoms with Crippen LogP contribution in [0, 0.1) is 0 Å². The van der Waals surface area contributed by atoms with Gasteiger partial charge in [-0.2, -0.15) is 0 Å². The predicted octanol–water partition coefficient (Wildman–Crippen LogP) is 1.17. The second-order valence-corrected chi connectivity index (χ2v) is 3.20. The summed E-state index contributed by atoms with van der Waals surface area (Å²) < 4.78 is 0. The van der Waals surface area contributed by atoms with Crippen molar-refractivity contribution in [2.45, 2.75) is 12.5 Å². The lowest BCUT2D eigenvalue weighted by molar-refractivity contribution is 0.679. The van der Waals surface area contributed by atoms with Crippen LogP contribution in [0.4, 0.5) is 0 Å². The van der Waals surface area contributed by atoms with Crippen LogP contribution in [0.5, 0.6) is 0 Å². The first kappa shape index (κ1) is 9.52. The van der Waals surface area contributed by atoms with E-state index >= 15 is 0 Å². The Morgan fingerprint density at radius 1 is 1.33 bits per heavy atom. The van der Waals surface area contributed by atoms with Gasteiger partial charge in [0.1, 0.15) is 0 Å². The maximum Gasteiger partial charge on any atom is 0.0438 e. The highest BCUT2D eigenvalue weighted by molar-refractivity contribution is 6.31. The fraction of sp³-hybridized carbons (Fsp3) is 0.333. The maximum atomic E-state index is 5.93. The number of benzene rings is 1. The summed E-state index contributed by atoms with van der Waals surface area (Å²) >= 11 is 5.93. The molecule has 3 heteroatoms. The number of halogens is 1. The van der Waals surface area contributed by atoms with Gasteiger partial charge in [0.05, 0.1) is 0 Å². The minimum absolute atomic E-state index is 0.00454. The van der Waals surface area contributed by atoms with E-state index in [1.807, 2.05) is 24.3 Å². The van der Waals surface area contributed by atoms with Crippen LogP contribution in [0.25, 0.3) is 0 Å². The van der Waals surface area contributed by atoms with E-state index in [2.05, 4.69) is 0 Å². The van der Waals surface area contributed by atoms with Gasteiger partial charge in [0.15, 0.2) is 0 Å². The van der Waals surface area contributed by atoms with E-state index in [1.54, 1.807) is 0 Å². The number of nitrogens with two attached hydrogens (primary N) is 2. The van der Waals surface area contributed by atoms with Gasteiger partial charge in [-0.25, -0.2) is 0 Å². The van der Waals surface area contributed by atoms with E-state index in [0.717, 1.165) is 17.0 Å². The number of hydrogen-bond donors (Lipinski definition) is 2. The smallest absolute Gasteiger partial charge is 0.0438 e. The Kier molecular flexibility index (Phi) is 3.53. The zero-order chi connectivity index (χ0) is 8.97. The summed E-state index contributed by atoms with van der Waals surface area (Å²) in [6.07, 6.45) is 0.746. The largest absolute Gasteiger partial charge is 0.329 e. The molecule has 12 heavy (non-hydrogen) atoms. The van der Waals surface area contributed by atoms with Crippen LogP contribution in [0.15, 0.2) is 24.3 Å². The molecule has 0 bridgehead atoms. The van der Waals surface area contributed by atoms with E-state index in [1.165, 1.54) is 0 Å². The zero-order valence-corrected chi connectivity index (χ0v) is 7.59. The second kappa shape index (κ2) is 4.45. The van der Waals surface area contributed by atoms with Crippen LogP contribution < -0.4 is 11.5 Å². The van der Waals surface area contributed by atoms with E-state index < -0.39 is 0 Å². The highest BCUT2D eigenvalue weighted by Crippen LogP contribution is 2.15. The average Bonchev–Trinajstić information content (AvgIpc) is 2.09. The molecule has 1 rings (SSSR count). The van der Waals surface area contributed by atoms with E-state index in [-0.39, 0.29) is 6.04 Å². The summed E-state index contributed by atoms with van der Waals surface area (Å²) in [6.45, 7) is 0.491. The van der Waals surface area contributed by atoms with Gasteiger partial charge in [-0.15, -0.1) is 0 Å². The van der Waals surface area contributed by atoms with E-state index in [4.69, 9.17) is 23.1 Å². The monoisotopic (exact) mass is 184 g/mol. The molecular weight excluding hydrogens is 172 g/mol. The Hall–Kier alpha value is -0.570. The van der Waals surface area contributed by atoms with Crippen molar-refractivity contribution >= 4 is 11.6 Å². The number of hydrogen-bond acceptors (Lipinski definition) is 2. The molecule has 0 aromatic heterocycles.